The molecule has 0 heterocycles. The van der Waals surface area contributed by atoms with Crippen LogP contribution in [0.15, 0.2) is 48.5 Å². The largest absolute Gasteiger partial charge is 0.494 e. The third kappa shape index (κ3) is 5.06. The Morgan fingerprint density at radius 1 is 1.07 bits per heavy atom. The molecule has 0 aromatic heterocycles. The molecule has 150 valence electrons. The van der Waals surface area contributed by atoms with E-state index in [2.05, 4.69) is 24.3 Å². The van der Waals surface area contributed by atoms with Crippen LogP contribution in [-0.4, -0.2) is 38.1 Å². The maximum atomic E-state index is 13.2. The molecule has 2 aromatic rings. The van der Waals surface area contributed by atoms with Crippen molar-refractivity contribution in [2.24, 2.45) is 0 Å². The van der Waals surface area contributed by atoms with Crippen molar-refractivity contribution in [3.05, 3.63) is 59.1 Å². The van der Waals surface area contributed by atoms with Crippen molar-refractivity contribution < 1.29 is 9.53 Å². The monoisotopic (exact) mass is 400 g/mol. The summed E-state index contributed by atoms with van der Waals surface area (Å²) in [6.07, 6.45) is 4.85. The SMILES string of the molecule is CN(C)CCCOc1ccc(NC(=O)C2(c3ccc(Cl)cc3)CCCC2)cc1. The molecule has 1 amide bonds. The molecule has 28 heavy (non-hydrogen) atoms. The molecule has 3 rings (SSSR count). The summed E-state index contributed by atoms with van der Waals surface area (Å²) in [4.78, 5) is 15.3. The standard InChI is InChI=1S/C23H29ClN2O2/c1-26(2)16-5-17-28-21-12-10-20(11-13-21)25-22(27)23(14-3-4-15-23)18-6-8-19(24)9-7-18/h6-13H,3-5,14-17H2,1-2H3,(H,25,27). The minimum Gasteiger partial charge on any atom is -0.494 e. The highest BCUT2D eigenvalue weighted by Crippen LogP contribution is 2.42. The third-order valence-electron chi connectivity index (χ3n) is 5.42. The number of ether oxygens (including phenoxy) is 1. The minimum absolute atomic E-state index is 0.0620. The van der Waals surface area contributed by atoms with Gasteiger partial charge in [-0.3, -0.25) is 4.79 Å². The normalized spacial score (nSPS) is 15.6. The van der Waals surface area contributed by atoms with Crippen LogP contribution in [0.1, 0.15) is 37.7 Å². The average molecular weight is 401 g/mol. The molecule has 0 radical (unpaired) electrons. The van der Waals surface area contributed by atoms with Gasteiger partial charge in [-0.1, -0.05) is 36.6 Å². The number of nitrogens with one attached hydrogen (secondary N) is 1. The molecule has 1 aliphatic carbocycles. The van der Waals surface area contributed by atoms with Crippen molar-refractivity contribution in [3.63, 3.8) is 0 Å². The van der Waals surface area contributed by atoms with E-state index >= 15 is 0 Å². The lowest BCUT2D eigenvalue weighted by atomic mass is 9.78. The van der Waals surface area contributed by atoms with E-state index in [1.165, 1.54) is 0 Å². The van der Waals surface area contributed by atoms with Crippen LogP contribution in [0.3, 0.4) is 0 Å². The second-order valence-corrected chi connectivity index (χ2v) is 8.22. The van der Waals surface area contributed by atoms with Gasteiger partial charge in [0.1, 0.15) is 5.75 Å². The van der Waals surface area contributed by atoms with Crippen LogP contribution in [0, 0.1) is 0 Å². The Labute approximate surface area is 172 Å². The van der Waals surface area contributed by atoms with E-state index in [4.69, 9.17) is 16.3 Å². The average Bonchev–Trinajstić information content (AvgIpc) is 3.18. The predicted molar refractivity (Wildman–Crippen MR) is 115 cm³/mol. The number of amides is 1. The molecule has 2 aromatic carbocycles. The highest BCUT2D eigenvalue weighted by atomic mass is 35.5. The Hall–Kier alpha value is -2.04. The van der Waals surface area contributed by atoms with Crippen LogP contribution in [0.25, 0.3) is 0 Å². The number of hydrogen-bond donors (Lipinski definition) is 1. The predicted octanol–water partition coefficient (Wildman–Crippen LogP) is 5.12. The lowest BCUT2D eigenvalue weighted by Crippen LogP contribution is -2.37. The van der Waals surface area contributed by atoms with Crippen molar-refractivity contribution >= 4 is 23.2 Å². The fourth-order valence-electron chi connectivity index (χ4n) is 3.85. The van der Waals surface area contributed by atoms with E-state index in [1.807, 2.05) is 48.5 Å². The zero-order chi connectivity index (χ0) is 20.0. The van der Waals surface area contributed by atoms with Gasteiger partial charge in [0.2, 0.25) is 5.91 Å². The first-order valence-corrected chi connectivity index (χ1v) is 10.3. The molecule has 0 unspecified atom stereocenters. The van der Waals surface area contributed by atoms with E-state index in [-0.39, 0.29) is 5.91 Å². The number of carbonyl (C=O) groups excluding carboxylic acids is 1. The number of rotatable bonds is 8. The number of carbonyl (C=O) groups is 1. The zero-order valence-corrected chi connectivity index (χ0v) is 17.5. The molecule has 1 N–H and O–H groups in total. The molecule has 0 atom stereocenters. The topological polar surface area (TPSA) is 41.6 Å². The number of benzene rings is 2. The molecule has 0 spiro atoms. The van der Waals surface area contributed by atoms with Crippen LogP contribution in [0.4, 0.5) is 5.69 Å². The molecule has 1 aliphatic rings. The van der Waals surface area contributed by atoms with Gasteiger partial charge in [0.15, 0.2) is 0 Å². The van der Waals surface area contributed by atoms with Gasteiger partial charge in [0.05, 0.1) is 12.0 Å². The fraction of sp³-hybridized carbons (Fsp3) is 0.435. The summed E-state index contributed by atoms with van der Waals surface area (Å²) in [5.74, 6) is 0.886. The Balaban J connectivity index is 1.63. The van der Waals surface area contributed by atoms with Crippen LogP contribution in [0.2, 0.25) is 5.02 Å². The number of hydrogen-bond acceptors (Lipinski definition) is 3. The molecule has 5 heteroatoms. The molecule has 0 bridgehead atoms. The maximum absolute atomic E-state index is 13.2. The fourth-order valence-corrected chi connectivity index (χ4v) is 3.98. The summed E-state index contributed by atoms with van der Waals surface area (Å²) in [7, 11) is 4.11. The van der Waals surface area contributed by atoms with Crippen LogP contribution in [-0.2, 0) is 10.2 Å². The van der Waals surface area contributed by atoms with E-state index in [0.29, 0.717) is 11.6 Å². The van der Waals surface area contributed by atoms with Crippen molar-refractivity contribution in [2.45, 2.75) is 37.5 Å². The summed E-state index contributed by atoms with van der Waals surface area (Å²) >= 11 is 6.03. The molecule has 4 nitrogen and oxygen atoms in total. The van der Waals surface area contributed by atoms with Gasteiger partial charge in [-0.05, 0) is 75.3 Å². The number of anilines is 1. The lowest BCUT2D eigenvalue weighted by molar-refractivity contribution is -0.121. The zero-order valence-electron chi connectivity index (χ0n) is 16.7. The summed E-state index contributed by atoms with van der Waals surface area (Å²) in [5, 5.41) is 3.81. The van der Waals surface area contributed by atoms with Gasteiger partial charge in [-0.25, -0.2) is 0 Å². The molecular formula is C23H29ClN2O2. The molecule has 1 saturated carbocycles. The Bertz CT molecular complexity index is 766. The minimum atomic E-state index is -0.466. The number of nitrogens with zero attached hydrogens (tertiary/aromatic N) is 1. The van der Waals surface area contributed by atoms with Gasteiger partial charge >= 0.3 is 0 Å². The van der Waals surface area contributed by atoms with Crippen LogP contribution in [0.5, 0.6) is 5.75 Å². The van der Waals surface area contributed by atoms with Gasteiger partial charge in [-0.2, -0.15) is 0 Å². The molecule has 1 fully saturated rings. The Morgan fingerprint density at radius 2 is 1.71 bits per heavy atom. The first kappa shape index (κ1) is 20.7. The van der Waals surface area contributed by atoms with Gasteiger partial charge in [0.25, 0.3) is 0 Å². The van der Waals surface area contributed by atoms with Crippen molar-refractivity contribution in [1.82, 2.24) is 4.90 Å². The van der Waals surface area contributed by atoms with Gasteiger partial charge in [0, 0.05) is 17.3 Å². The molecule has 0 saturated heterocycles. The third-order valence-corrected chi connectivity index (χ3v) is 5.67. The second-order valence-electron chi connectivity index (χ2n) is 7.78. The first-order chi connectivity index (χ1) is 13.5. The number of halogens is 1. The van der Waals surface area contributed by atoms with E-state index in [1.54, 1.807) is 0 Å². The van der Waals surface area contributed by atoms with Crippen molar-refractivity contribution in [3.8, 4) is 5.75 Å². The summed E-state index contributed by atoms with van der Waals surface area (Å²) < 4.78 is 5.76. The highest BCUT2D eigenvalue weighted by Gasteiger charge is 2.42. The molecular weight excluding hydrogens is 372 g/mol. The van der Waals surface area contributed by atoms with Crippen LogP contribution < -0.4 is 10.1 Å². The summed E-state index contributed by atoms with van der Waals surface area (Å²) in [6.45, 7) is 1.69. The summed E-state index contributed by atoms with van der Waals surface area (Å²) in [6, 6.07) is 15.3. The quantitative estimate of drug-likeness (QED) is 0.625. The van der Waals surface area contributed by atoms with E-state index in [0.717, 1.165) is 55.6 Å². The second kappa shape index (κ2) is 9.44. The van der Waals surface area contributed by atoms with Crippen molar-refractivity contribution in [1.29, 1.82) is 0 Å². The Kier molecular flexibility index (Phi) is 6.97. The van der Waals surface area contributed by atoms with Gasteiger partial charge in [-0.15, -0.1) is 0 Å². The first-order valence-electron chi connectivity index (χ1n) is 9.95. The van der Waals surface area contributed by atoms with Crippen LogP contribution >= 0.6 is 11.6 Å². The highest BCUT2D eigenvalue weighted by molar-refractivity contribution is 6.30. The molecule has 0 aliphatic heterocycles. The Morgan fingerprint density at radius 3 is 2.32 bits per heavy atom. The summed E-state index contributed by atoms with van der Waals surface area (Å²) in [5.41, 5.74) is 1.38. The lowest BCUT2D eigenvalue weighted by Gasteiger charge is -2.28. The van der Waals surface area contributed by atoms with Crippen molar-refractivity contribution in [2.75, 3.05) is 32.6 Å². The maximum Gasteiger partial charge on any atom is 0.235 e. The van der Waals surface area contributed by atoms with E-state index in [9.17, 15) is 4.79 Å². The van der Waals surface area contributed by atoms with Gasteiger partial charge < -0.3 is 15.0 Å². The smallest absolute Gasteiger partial charge is 0.235 e. The van der Waals surface area contributed by atoms with E-state index < -0.39 is 5.41 Å².